The lowest BCUT2D eigenvalue weighted by atomic mass is 9.74. The second-order valence-electron chi connectivity index (χ2n) is 6.02. The lowest BCUT2D eigenvalue weighted by Gasteiger charge is -2.40. The molecule has 1 saturated heterocycles. The van der Waals surface area contributed by atoms with Crippen molar-refractivity contribution in [1.82, 2.24) is 4.90 Å². The SMILES string of the molecule is CC1CCCN(CC2(C=O)CCCCC2)C1. The van der Waals surface area contributed by atoms with Gasteiger partial charge in [0.05, 0.1) is 0 Å². The largest absolute Gasteiger partial charge is 0.303 e. The van der Waals surface area contributed by atoms with Crippen LogP contribution in [0.3, 0.4) is 0 Å². The summed E-state index contributed by atoms with van der Waals surface area (Å²) < 4.78 is 0. The molecule has 0 radical (unpaired) electrons. The van der Waals surface area contributed by atoms with Gasteiger partial charge in [0.1, 0.15) is 6.29 Å². The van der Waals surface area contributed by atoms with E-state index in [-0.39, 0.29) is 5.41 Å². The summed E-state index contributed by atoms with van der Waals surface area (Å²) in [5.41, 5.74) is 0.00924. The van der Waals surface area contributed by atoms with E-state index in [2.05, 4.69) is 11.8 Å². The van der Waals surface area contributed by atoms with Crippen molar-refractivity contribution < 1.29 is 4.79 Å². The molecular weight excluding hydrogens is 198 g/mol. The van der Waals surface area contributed by atoms with E-state index in [0.717, 1.165) is 25.3 Å². The van der Waals surface area contributed by atoms with Crippen LogP contribution in [0.25, 0.3) is 0 Å². The maximum absolute atomic E-state index is 11.4. The van der Waals surface area contributed by atoms with Crippen molar-refractivity contribution in [2.24, 2.45) is 11.3 Å². The molecule has 1 aliphatic carbocycles. The van der Waals surface area contributed by atoms with Crippen molar-refractivity contribution in [3.8, 4) is 0 Å². The van der Waals surface area contributed by atoms with Gasteiger partial charge < -0.3 is 9.69 Å². The van der Waals surface area contributed by atoms with Gasteiger partial charge in [0.15, 0.2) is 0 Å². The van der Waals surface area contributed by atoms with Gasteiger partial charge in [-0.1, -0.05) is 26.2 Å². The number of piperidine rings is 1. The van der Waals surface area contributed by atoms with E-state index in [0.29, 0.717) is 0 Å². The van der Waals surface area contributed by atoms with Gasteiger partial charge in [-0.3, -0.25) is 0 Å². The van der Waals surface area contributed by atoms with Crippen LogP contribution in [0.4, 0.5) is 0 Å². The molecule has 0 bridgehead atoms. The maximum Gasteiger partial charge on any atom is 0.127 e. The van der Waals surface area contributed by atoms with Crippen molar-refractivity contribution in [3.05, 3.63) is 0 Å². The lowest BCUT2D eigenvalue weighted by Crippen LogP contribution is -2.44. The average molecular weight is 223 g/mol. The summed E-state index contributed by atoms with van der Waals surface area (Å²) >= 11 is 0. The molecule has 1 aliphatic heterocycles. The first-order valence-electron chi connectivity index (χ1n) is 6.93. The molecule has 0 aromatic carbocycles. The van der Waals surface area contributed by atoms with Gasteiger partial charge in [-0.15, -0.1) is 0 Å². The van der Waals surface area contributed by atoms with E-state index < -0.39 is 0 Å². The topological polar surface area (TPSA) is 20.3 Å². The third-order valence-electron chi connectivity index (χ3n) is 4.38. The Hall–Kier alpha value is -0.370. The van der Waals surface area contributed by atoms with Crippen molar-refractivity contribution in [1.29, 1.82) is 0 Å². The van der Waals surface area contributed by atoms with E-state index >= 15 is 0 Å². The van der Waals surface area contributed by atoms with Crippen LogP contribution in [0.1, 0.15) is 51.9 Å². The molecule has 2 aliphatic rings. The lowest BCUT2D eigenvalue weighted by molar-refractivity contribution is -0.119. The van der Waals surface area contributed by atoms with E-state index in [1.165, 1.54) is 51.5 Å². The predicted molar refractivity (Wildman–Crippen MR) is 66.4 cm³/mol. The van der Waals surface area contributed by atoms with Crippen molar-refractivity contribution in [2.75, 3.05) is 19.6 Å². The van der Waals surface area contributed by atoms with E-state index in [1.54, 1.807) is 0 Å². The Morgan fingerprint density at radius 1 is 1.25 bits per heavy atom. The highest BCUT2D eigenvalue weighted by atomic mass is 16.1. The number of nitrogens with zero attached hydrogens (tertiary/aromatic N) is 1. The molecular formula is C14H25NO. The number of hydrogen-bond acceptors (Lipinski definition) is 2. The first kappa shape index (κ1) is 12.1. The smallest absolute Gasteiger partial charge is 0.127 e. The minimum atomic E-state index is 0.00924. The molecule has 0 amide bonds. The summed E-state index contributed by atoms with van der Waals surface area (Å²) in [5, 5.41) is 0. The Labute approximate surface area is 99.4 Å². The number of aldehydes is 1. The first-order chi connectivity index (χ1) is 7.74. The van der Waals surface area contributed by atoms with Gasteiger partial charge in [0, 0.05) is 18.5 Å². The maximum atomic E-state index is 11.4. The molecule has 2 nitrogen and oxygen atoms in total. The van der Waals surface area contributed by atoms with Crippen LogP contribution in [0.5, 0.6) is 0 Å². The summed E-state index contributed by atoms with van der Waals surface area (Å²) in [7, 11) is 0. The molecule has 2 fully saturated rings. The molecule has 0 aromatic heterocycles. The molecule has 16 heavy (non-hydrogen) atoms. The van der Waals surface area contributed by atoms with Crippen molar-refractivity contribution in [2.45, 2.75) is 51.9 Å². The molecule has 1 unspecified atom stereocenters. The van der Waals surface area contributed by atoms with E-state index in [1.807, 2.05) is 0 Å². The quantitative estimate of drug-likeness (QED) is 0.686. The fourth-order valence-corrected chi connectivity index (χ4v) is 3.44. The molecule has 1 atom stereocenters. The monoisotopic (exact) mass is 223 g/mol. The molecule has 1 saturated carbocycles. The molecule has 1 heterocycles. The van der Waals surface area contributed by atoms with Gasteiger partial charge >= 0.3 is 0 Å². The second-order valence-corrected chi connectivity index (χ2v) is 6.02. The second kappa shape index (κ2) is 5.31. The number of carbonyl (C=O) groups excluding carboxylic acids is 1. The number of rotatable bonds is 3. The number of likely N-dealkylation sites (tertiary alicyclic amines) is 1. The van der Waals surface area contributed by atoms with Crippen LogP contribution in [0, 0.1) is 11.3 Å². The number of hydrogen-bond donors (Lipinski definition) is 0. The zero-order chi connectivity index (χ0) is 11.4. The predicted octanol–water partition coefficient (Wildman–Crippen LogP) is 2.87. The Morgan fingerprint density at radius 3 is 2.62 bits per heavy atom. The Morgan fingerprint density at radius 2 is 2.00 bits per heavy atom. The summed E-state index contributed by atoms with van der Waals surface area (Å²) in [4.78, 5) is 13.9. The van der Waals surface area contributed by atoms with Crippen molar-refractivity contribution >= 4 is 6.29 Å². The summed E-state index contributed by atoms with van der Waals surface area (Å²) in [6.45, 7) is 5.77. The molecule has 0 spiro atoms. The molecule has 0 N–H and O–H groups in total. The van der Waals surface area contributed by atoms with Crippen LogP contribution in [-0.2, 0) is 4.79 Å². The average Bonchev–Trinajstić information content (AvgIpc) is 2.30. The van der Waals surface area contributed by atoms with E-state index in [9.17, 15) is 4.79 Å². The fraction of sp³-hybridized carbons (Fsp3) is 0.929. The fourth-order valence-electron chi connectivity index (χ4n) is 3.44. The number of carbonyl (C=O) groups is 1. The molecule has 2 heteroatoms. The Bertz CT molecular complexity index is 233. The third-order valence-corrected chi connectivity index (χ3v) is 4.38. The highest BCUT2D eigenvalue weighted by Gasteiger charge is 2.34. The van der Waals surface area contributed by atoms with Crippen LogP contribution in [0.15, 0.2) is 0 Å². The summed E-state index contributed by atoms with van der Waals surface area (Å²) in [6, 6.07) is 0. The van der Waals surface area contributed by atoms with Crippen LogP contribution < -0.4 is 0 Å². The van der Waals surface area contributed by atoms with E-state index in [4.69, 9.17) is 0 Å². The highest BCUT2D eigenvalue weighted by molar-refractivity contribution is 5.60. The summed E-state index contributed by atoms with van der Waals surface area (Å²) in [6.07, 6.45) is 10.0. The minimum Gasteiger partial charge on any atom is -0.303 e. The van der Waals surface area contributed by atoms with Gasteiger partial charge in [0.25, 0.3) is 0 Å². The first-order valence-corrected chi connectivity index (χ1v) is 6.93. The van der Waals surface area contributed by atoms with Gasteiger partial charge in [0.2, 0.25) is 0 Å². The Balaban J connectivity index is 1.92. The third kappa shape index (κ3) is 2.85. The van der Waals surface area contributed by atoms with Gasteiger partial charge in [-0.25, -0.2) is 0 Å². The van der Waals surface area contributed by atoms with Gasteiger partial charge in [-0.2, -0.15) is 0 Å². The van der Waals surface area contributed by atoms with Crippen LogP contribution in [0.2, 0.25) is 0 Å². The summed E-state index contributed by atoms with van der Waals surface area (Å²) in [5.74, 6) is 0.820. The normalized spacial score (nSPS) is 31.2. The zero-order valence-corrected chi connectivity index (χ0v) is 10.6. The minimum absolute atomic E-state index is 0.00924. The Kier molecular flexibility index (Phi) is 4.01. The molecule has 92 valence electrons. The zero-order valence-electron chi connectivity index (χ0n) is 10.6. The standard InChI is InChI=1S/C14H25NO/c1-13-6-5-9-15(10-13)11-14(12-16)7-3-2-4-8-14/h12-13H,2-11H2,1H3. The van der Waals surface area contributed by atoms with Crippen molar-refractivity contribution in [3.63, 3.8) is 0 Å². The van der Waals surface area contributed by atoms with Crippen LogP contribution >= 0.6 is 0 Å². The van der Waals surface area contributed by atoms with Crippen LogP contribution in [-0.4, -0.2) is 30.8 Å². The molecule has 2 rings (SSSR count). The highest BCUT2D eigenvalue weighted by Crippen LogP contribution is 2.36. The van der Waals surface area contributed by atoms with Gasteiger partial charge in [-0.05, 0) is 38.1 Å². The molecule has 0 aromatic rings.